The molecule has 21 heavy (non-hydrogen) atoms. The number of fused-ring (bicyclic) bond motifs is 1. The van der Waals surface area contributed by atoms with Crippen molar-refractivity contribution in [2.75, 3.05) is 5.43 Å². The van der Waals surface area contributed by atoms with Crippen LogP contribution in [0.4, 0.5) is 5.95 Å². The van der Waals surface area contributed by atoms with Crippen LogP contribution in [0, 0.1) is 20.8 Å². The third-order valence-corrected chi connectivity index (χ3v) is 4.30. The molecular formula is C15H16N4OS. The van der Waals surface area contributed by atoms with Crippen LogP contribution >= 0.6 is 11.3 Å². The Bertz CT molecular complexity index is 813. The summed E-state index contributed by atoms with van der Waals surface area (Å²) < 4.78 is 6.09. The second-order valence-corrected chi connectivity index (χ2v) is 5.79. The predicted molar refractivity (Wildman–Crippen MR) is 86.0 cm³/mol. The van der Waals surface area contributed by atoms with Crippen molar-refractivity contribution in [1.82, 2.24) is 9.97 Å². The van der Waals surface area contributed by atoms with Gasteiger partial charge in [0.15, 0.2) is 0 Å². The van der Waals surface area contributed by atoms with E-state index >= 15 is 0 Å². The van der Waals surface area contributed by atoms with Gasteiger partial charge in [-0.25, -0.2) is 10.8 Å². The van der Waals surface area contributed by atoms with Crippen LogP contribution in [0.15, 0.2) is 23.6 Å². The van der Waals surface area contributed by atoms with E-state index in [0.29, 0.717) is 11.8 Å². The Hall–Kier alpha value is -2.18. The van der Waals surface area contributed by atoms with Gasteiger partial charge in [0.1, 0.15) is 10.6 Å². The summed E-state index contributed by atoms with van der Waals surface area (Å²) in [7, 11) is 0. The van der Waals surface area contributed by atoms with Gasteiger partial charge in [-0.2, -0.15) is 4.98 Å². The van der Waals surface area contributed by atoms with Crippen molar-refractivity contribution >= 4 is 27.5 Å². The van der Waals surface area contributed by atoms with Gasteiger partial charge in [0.05, 0.1) is 5.39 Å². The molecule has 0 aliphatic rings. The first-order chi connectivity index (χ1) is 10.1. The Morgan fingerprint density at radius 2 is 1.86 bits per heavy atom. The number of hydrazine groups is 1. The minimum Gasteiger partial charge on any atom is -0.438 e. The van der Waals surface area contributed by atoms with E-state index in [1.165, 1.54) is 16.9 Å². The Morgan fingerprint density at radius 3 is 2.62 bits per heavy atom. The van der Waals surface area contributed by atoms with Crippen LogP contribution in [0.1, 0.15) is 16.7 Å². The highest BCUT2D eigenvalue weighted by Crippen LogP contribution is 2.35. The SMILES string of the molecule is Cc1ccc(C)c(Oc2nc(NN)nc3sccc23)c1C. The largest absolute Gasteiger partial charge is 0.438 e. The smallest absolute Gasteiger partial charge is 0.241 e. The predicted octanol–water partition coefficient (Wildman–Crippen LogP) is 3.69. The molecule has 0 aliphatic heterocycles. The number of ether oxygens (including phenoxy) is 1. The summed E-state index contributed by atoms with van der Waals surface area (Å²) in [5.41, 5.74) is 5.85. The van der Waals surface area contributed by atoms with Crippen LogP contribution in [0.3, 0.4) is 0 Å². The first-order valence-electron chi connectivity index (χ1n) is 6.56. The number of rotatable bonds is 3. The van der Waals surface area contributed by atoms with Crippen LogP contribution in [0.25, 0.3) is 10.2 Å². The molecule has 0 unspecified atom stereocenters. The average molecular weight is 300 g/mol. The molecule has 5 nitrogen and oxygen atoms in total. The topological polar surface area (TPSA) is 73.1 Å². The molecule has 0 bridgehead atoms. The highest BCUT2D eigenvalue weighted by molar-refractivity contribution is 7.16. The molecule has 0 fully saturated rings. The number of thiophene rings is 1. The van der Waals surface area contributed by atoms with E-state index in [-0.39, 0.29) is 0 Å². The van der Waals surface area contributed by atoms with Crippen molar-refractivity contribution in [2.45, 2.75) is 20.8 Å². The summed E-state index contributed by atoms with van der Waals surface area (Å²) >= 11 is 1.53. The van der Waals surface area contributed by atoms with Crippen molar-refractivity contribution in [1.29, 1.82) is 0 Å². The molecule has 0 amide bonds. The lowest BCUT2D eigenvalue weighted by Crippen LogP contribution is -2.10. The van der Waals surface area contributed by atoms with E-state index in [9.17, 15) is 0 Å². The van der Waals surface area contributed by atoms with E-state index < -0.39 is 0 Å². The van der Waals surface area contributed by atoms with Crippen molar-refractivity contribution in [3.05, 3.63) is 40.3 Å². The monoisotopic (exact) mass is 300 g/mol. The molecule has 3 N–H and O–H groups in total. The first-order valence-corrected chi connectivity index (χ1v) is 7.44. The van der Waals surface area contributed by atoms with Crippen LogP contribution in [-0.2, 0) is 0 Å². The van der Waals surface area contributed by atoms with Gasteiger partial charge >= 0.3 is 0 Å². The van der Waals surface area contributed by atoms with E-state index in [1.54, 1.807) is 0 Å². The fraction of sp³-hybridized carbons (Fsp3) is 0.200. The molecule has 1 aromatic carbocycles. The Kier molecular flexibility index (Phi) is 3.48. The molecule has 108 valence electrons. The molecule has 3 aromatic rings. The maximum absolute atomic E-state index is 6.09. The summed E-state index contributed by atoms with van der Waals surface area (Å²) in [5.74, 6) is 7.14. The third-order valence-electron chi connectivity index (χ3n) is 3.49. The summed E-state index contributed by atoms with van der Waals surface area (Å²) in [6.45, 7) is 6.14. The maximum atomic E-state index is 6.09. The Balaban J connectivity index is 2.14. The molecule has 2 aromatic heterocycles. The number of nitrogen functional groups attached to an aromatic ring is 1. The number of hydrogen-bond donors (Lipinski definition) is 2. The van der Waals surface area contributed by atoms with Crippen LogP contribution in [0.5, 0.6) is 11.6 Å². The first kappa shape index (κ1) is 13.8. The number of nitrogens with two attached hydrogens (primary N) is 1. The van der Waals surface area contributed by atoms with E-state index in [4.69, 9.17) is 10.6 Å². The molecule has 2 heterocycles. The van der Waals surface area contributed by atoms with Crippen molar-refractivity contribution < 1.29 is 4.74 Å². The second kappa shape index (κ2) is 5.31. The molecule has 0 spiro atoms. The molecular weight excluding hydrogens is 284 g/mol. The van der Waals surface area contributed by atoms with Gasteiger partial charge in [-0.15, -0.1) is 11.3 Å². The number of nitrogens with one attached hydrogen (secondary N) is 1. The lowest BCUT2D eigenvalue weighted by atomic mass is 10.1. The second-order valence-electron chi connectivity index (χ2n) is 4.89. The van der Waals surface area contributed by atoms with Gasteiger partial charge in [-0.05, 0) is 48.9 Å². The minimum atomic E-state index is 0.350. The van der Waals surface area contributed by atoms with Crippen LogP contribution < -0.4 is 16.0 Å². The van der Waals surface area contributed by atoms with Gasteiger partial charge in [-0.3, -0.25) is 5.43 Å². The van der Waals surface area contributed by atoms with Crippen molar-refractivity contribution in [3.8, 4) is 11.6 Å². The third kappa shape index (κ3) is 2.43. The Labute approximate surface area is 126 Å². The minimum absolute atomic E-state index is 0.350. The number of anilines is 1. The maximum Gasteiger partial charge on any atom is 0.241 e. The molecule has 6 heteroatoms. The van der Waals surface area contributed by atoms with E-state index in [1.807, 2.05) is 31.4 Å². The number of hydrogen-bond acceptors (Lipinski definition) is 6. The van der Waals surface area contributed by atoms with Gasteiger partial charge in [0.2, 0.25) is 11.8 Å². The molecule has 0 atom stereocenters. The lowest BCUT2D eigenvalue weighted by Gasteiger charge is -2.14. The zero-order chi connectivity index (χ0) is 15.0. The van der Waals surface area contributed by atoms with E-state index in [2.05, 4.69) is 28.4 Å². The summed E-state index contributed by atoms with van der Waals surface area (Å²) in [4.78, 5) is 9.49. The fourth-order valence-corrected chi connectivity index (χ4v) is 2.90. The van der Waals surface area contributed by atoms with Crippen molar-refractivity contribution in [2.24, 2.45) is 5.84 Å². The average Bonchev–Trinajstić information content (AvgIpc) is 2.95. The molecule has 0 radical (unpaired) electrons. The Morgan fingerprint density at radius 1 is 1.10 bits per heavy atom. The highest BCUT2D eigenvalue weighted by atomic mass is 32.1. The molecule has 0 saturated carbocycles. The zero-order valence-electron chi connectivity index (χ0n) is 12.1. The number of nitrogens with zero attached hydrogens (tertiary/aromatic N) is 2. The quantitative estimate of drug-likeness (QED) is 0.570. The summed E-state index contributed by atoms with van der Waals surface area (Å²) in [5, 5.41) is 2.85. The standard InChI is InChI=1S/C15H16N4OS/c1-8-4-5-9(2)12(10(8)3)20-13-11-6-7-21-14(11)18-15(17-13)19-16/h4-7H,16H2,1-3H3,(H,17,18,19). The van der Waals surface area contributed by atoms with Crippen LogP contribution in [0.2, 0.25) is 0 Å². The number of benzene rings is 1. The van der Waals surface area contributed by atoms with Gasteiger partial charge in [0.25, 0.3) is 0 Å². The fourth-order valence-electron chi connectivity index (χ4n) is 2.15. The van der Waals surface area contributed by atoms with Gasteiger partial charge < -0.3 is 4.74 Å². The van der Waals surface area contributed by atoms with Crippen molar-refractivity contribution in [3.63, 3.8) is 0 Å². The van der Waals surface area contributed by atoms with Crippen LogP contribution in [-0.4, -0.2) is 9.97 Å². The summed E-state index contributed by atoms with van der Waals surface area (Å²) in [6, 6.07) is 6.09. The molecule has 3 rings (SSSR count). The lowest BCUT2D eigenvalue weighted by molar-refractivity contribution is 0.461. The van der Waals surface area contributed by atoms with Gasteiger partial charge in [0, 0.05) is 0 Å². The number of aryl methyl sites for hydroxylation is 2. The number of aromatic nitrogens is 2. The normalized spacial score (nSPS) is 10.9. The zero-order valence-corrected chi connectivity index (χ0v) is 12.9. The van der Waals surface area contributed by atoms with Gasteiger partial charge in [-0.1, -0.05) is 12.1 Å². The molecule has 0 saturated heterocycles. The summed E-state index contributed by atoms with van der Waals surface area (Å²) in [6.07, 6.45) is 0. The van der Waals surface area contributed by atoms with E-state index in [0.717, 1.165) is 27.1 Å². The molecule has 0 aliphatic carbocycles. The highest BCUT2D eigenvalue weighted by Gasteiger charge is 2.14.